The number of rotatable bonds is 1. The van der Waals surface area contributed by atoms with Gasteiger partial charge in [-0.15, -0.1) is 11.3 Å². The Labute approximate surface area is 171 Å². The Morgan fingerprint density at radius 1 is 1.37 bits per heavy atom. The van der Waals surface area contributed by atoms with E-state index in [9.17, 15) is 13.2 Å². The fourth-order valence-corrected chi connectivity index (χ4v) is 4.79. The molecule has 0 bridgehead atoms. The second-order valence-corrected chi connectivity index (χ2v) is 8.08. The molecule has 5 N–H and O–H groups in total. The first kappa shape index (κ1) is 24.2. The van der Waals surface area contributed by atoms with Gasteiger partial charge in [0.2, 0.25) is 0 Å². The Morgan fingerprint density at radius 2 is 1.96 bits per heavy atom. The highest BCUT2D eigenvalue weighted by Gasteiger charge is 2.45. The summed E-state index contributed by atoms with van der Waals surface area (Å²) >= 11 is 4.26. The van der Waals surface area contributed by atoms with Gasteiger partial charge in [-0.25, -0.2) is 5.84 Å². The van der Waals surface area contributed by atoms with Crippen LogP contribution in [0, 0.1) is 0 Å². The maximum Gasteiger partial charge on any atom is 0.425 e. The molecule has 1 aromatic rings. The molecule has 1 unspecified atom stereocenters. The predicted molar refractivity (Wildman–Crippen MR) is 107 cm³/mol. The van der Waals surface area contributed by atoms with Crippen molar-refractivity contribution in [2.75, 3.05) is 26.7 Å². The molecule has 1 saturated heterocycles. The first-order valence-electron chi connectivity index (χ1n) is 8.75. The number of nitrogens with zero attached hydrogens (tertiary/aromatic N) is 1. The quantitative estimate of drug-likeness (QED) is 0.326. The molecule has 3 heterocycles. The van der Waals surface area contributed by atoms with Crippen molar-refractivity contribution >= 4 is 27.3 Å². The van der Waals surface area contributed by atoms with Crippen molar-refractivity contribution in [2.45, 2.75) is 43.3 Å². The highest BCUT2D eigenvalue weighted by atomic mass is 79.9. The number of halogens is 4. The zero-order chi connectivity index (χ0) is 20.7. The number of thiophene rings is 1. The Balaban J connectivity index is 0.000000392. The van der Waals surface area contributed by atoms with Crippen LogP contribution in [-0.2, 0) is 16.5 Å². The molecule has 0 radical (unpaired) electrons. The smallest absolute Gasteiger partial charge is 0.403 e. The van der Waals surface area contributed by atoms with Crippen molar-refractivity contribution in [3.05, 3.63) is 33.8 Å². The van der Waals surface area contributed by atoms with Crippen molar-refractivity contribution < 1.29 is 17.9 Å². The van der Waals surface area contributed by atoms with Gasteiger partial charge in [0.05, 0.1) is 11.4 Å². The second-order valence-electron chi connectivity index (χ2n) is 5.92. The third-order valence-electron chi connectivity index (χ3n) is 4.03. The molecule has 1 atom stereocenters. The van der Waals surface area contributed by atoms with E-state index >= 15 is 0 Å². The number of nitrogens with two attached hydrogens (primary N) is 2. The van der Waals surface area contributed by atoms with E-state index in [1.54, 1.807) is 13.2 Å². The van der Waals surface area contributed by atoms with Gasteiger partial charge in [-0.05, 0) is 37.6 Å². The first-order valence-corrected chi connectivity index (χ1v) is 10.5. The Morgan fingerprint density at radius 3 is 2.41 bits per heavy atom. The first-order chi connectivity index (χ1) is 12.7. The minimum atomic E-state index is -4.27. The van der Waals surface area contributed by atoms with Crippen molar-refractivity contribution in [2.24, 2.45) is 11.6 Å². The topological polar surface area (TPSA) is 76.5 Å². The molecule has 0 aliphatic carbocycles. The lowest BCUT2D eigenvalue weighted by atomic mass is 9.86. The zero-order valence-electron chi connectivity index (χ0n) is 15.8. The number of fused-ring (bicyclic) bond motifs is 2. The van der Waals surface area contributed by atoms with Gasteiger partial charge in [-0.1, -0.05) is 29.8 Å². The van der Waals surface area contributed by atoms with Gasteiger partial charge in [0.15, 0.2) is 0 Å². The van der Waals surface area contributed by atoms with Crippen molar-refractivity contribution in [1.29, 1.82) is 0 Å². The number of hydrogen-bond donors (Lipinski definition) is 3. The highest BCUT2D eigenvalue weighted by Crippen LogP contribution is 2.51. The van der Waals surface area contributed by atoms with Crippen LogP contribution in [0.25, 0.3) is 0 Å². The molecular weight excluding hydrogens is 445 g/mol. The van der Waals surface area contributed by atoms with Gasteiger partial charge in [0, 0.05) is 24.3 Å². The average Bonchev–Trinajstić information content (AvgIpc) is 3.09. The fourth-order valence-electron chi connectivity index (χ4n) is 2.86. The Bertz CT molecular complexity index is 601. The normalized spacial score (nSPS) is 21.0. The summed E-state index contributed by atoms with van der Waals surface area (Å²) in [7, 11) is 1.70. The molecule has 27 heavy (non-hydrogen) atoms. The van der Waals surface area contributed by atoms with Crippen molar-refractivity contribution in [3.8, 4) is 0 Å². The summed E-state index contributed by atoms with van der Waals surface area (Å²) < 4.78 is 44.6. The monoisotopic (exact) mass is 472 g/mol. The largest absolute Gasteiger partial charge is 0.425 e. The van der Waals surface area contributed by atoms with Gasteiger partial charge in [0.25, 0.3) is 0 Å². The van der Waals surface area contributed by atoms with E-state index in [0.717, 1.165) is 47.7 Å². The predicted octanol–water partition coefficient (Wildman–Crippen LogP) is 4.06. The maximum atomic E-state index is 12.9. The summed E-state index contributed by atoms with van der Waals surface area (Å²) in [5.74, 6) is 5.07. The van der Waals surface area contributed by atoms with Crippen LogP contribution in [-0.4, -0.2) is 31.8 Å². The van der Waals surface area contributed by atoms with Crippen LogP contribution in [0.4, 0.5) is 13.2 Å². The molecule has 156 valence electrons. The molecule has 5 nitrogen and oxygen atoms in total. The van der Waals surface area contributed by atoms with Crippen LogP contribution in [0.1, 0.15) is 46.8 Å². The Kier molecular flexibility index (Phi) is 9.56. The summed E-state index contributed by atoms with van der Waals surface area (Å²) in [6.45, 7) is 6.00. The van der Waals surface area contributed by atoms with Gasteiger partial charge in [0.1, 0.15) is 10.5 Å². The van der Waals surface area contributed by atoms with Crippen LogP contribution < -0.4 is 16.9 Å². The van der Waals surface area contributed by atoms with Crippen LogP contribution in [0.15, 0.2) is 18.5 Å². The van der Waals surface area contributed by atoms with E-state index in [-0.39, 0.29) is 4.83 Å². The summed E-state index contributed by atoms with van der Waals surface area (Å²) in [5.41, 5.74) is 5.17. The van der Waals surface area contributed by atoms with Crippen LogP contribution >= 0.6 is 27.3 Å². The lowest BCUT2D eigenvalue weighted by Gasteiger charge is -2.41. The zero-order valence-corrected chi connectivity index (χ0v) is 18.2. The lowest BCUT2D eigenvalue weighted by molar-refractivity contribution is -0.134. The molecule has 1 fully saturated rings. The SMILES string of the molecule is CC.CN(N)/C=C\N.FC(F)(F)c1cc2c(s1)C1(CCNCC1)OCC2Br. The summed E-state index contributed by atoms with van der Waals surface area (Å²) in [6, 6.07) is 1.28. The van der Waals surface area contributed by atoms with Gasteiger partial charge in [-0.3, -0.25) is 0 Å². The standard InChI is InChI=1S/C12H13BrF3NOS.C3H9N3.C2H6/c13-8-6-18-11(1-3-17-4-2-11)10-7(8)5-9(19-10)12(14,15)16;1-6(5)3-2-4;1-2/h5,8,17H,1-4,6H2;2-3H,4-5H2,1H3;1-2H3/b;3-2-;. The number of hydrogen-bond acceptors (Lipinski definition) is 6. The number of nitrogens with one attached hydrogen (secondary N) is 1. The molecule has 0 amide bonds. The molecule has 0 aromatic carbocycles. The summed E-state index contributed by atoms with van der Waals surface area (Å²) in [5, 5.41) is 4.60. The molecule has 2 aliphatic rings. The molecule has 1 spiro atoms. The number of ether oxygens (including phenoxy) is 1. The Hall–Kier alpha value is -0.810. The number of piperidine rings is 1. The maximum absolute atomic E-state index is 12.9. The van der Waals surface area contributed by atoms with Gasteiger partial charge < -0.3 is 20.8 Å². The molecule has 0 saturated carbocycles. The van der Waals surface area contributed by atoms with E-state index in [0.29, 0.717) is 6.61 Å². The third kappa shape index (κ3) is 6.35. The lowest BCUT2D eigenvalue weighted by Crippen LogP contribution is -2.44. The molecular formula is C17H28BrF3N4OS. The van der Waals surface area contributed by atoms with Gasteiger partial charge in [-0.2, -0.15) is 13.2 Å². The van der Waals surface area contributed by atoms with E-state index in [1.807, 2.05) is 13.8 Å². The third-order valence-corrected chi connectivity index (χ3v) is 6.17. The van der Waals surface area contributed by atoms with Crippen molar-refractivity contribution in [1.82, 2.24) is 10.3 Å². The fraction of sp³-hybridized carbons (Fsp3) is 0.647. The van der Waals surface area contributed by atoms with Crippen LogP contribution in [0.5, 0.6) is 0 Å². The highest BCUT2D eigenvalue weighted by molar-refractivity contribution is 9.09. The van der Waals surface area contributed by atoms with E-state index in [1.165, 1.54) is 17.3 Å². The molecule has 3 rings (SSSR count). The minimum Gasteiger partial charge on any atom is -0.403 e. The minimum absolute atomic E-state index is 0.143. The van der Waals surface area contributed by atoms with E-state index in [4.69, 9.17) is 16.3 Å². The molecule has 2 aliphatic heterocycles. The van der Waals surface area contributed by atoms with E-state index in [2.05, 4.69) is 21.2 Å². The second kappa shape index (κ2) is 10.7. The van der Waals surface area contributed by atoms with Crippen molar-refractivity contribution in [3.63, 3.8) is 0 Å². The molecule has 10 heteroatoms. The number of alkyl halides is 4. The average molecular weight is 473 g/mol. The summed E-state index contributed by atoms with van der Waals surface area (Å²) in [6.07, 6.45) is 0.123. The molecule has 1 aromatic heterocycles. The summed E-state index contributed by atoms with van der Waals surface area (Å²) in [4.78, 5) is 0.0927. The van der Waals surface area contributed by atoms with Gasteiger partial charge >= 0.3 is 6.18 Å². The number of hydrazine groups is 1. The van der Waals surface area contributed by atoms with Crippen LogP contribution in [0.2, 0.25) is 0 Å². The van der Waals surface area contributed by atoms with Crippen LogP contribution in [0.3, 0.4) is 0 Å². The van der Waals surface area contributed by atoms with E-state index < -0.39 is 16.7 Å².